The molecule has 1 aliphatic rings. The Morgan fingerprint density at radius 1 is 0.846 bits per heavy atom. The fraction of sp³-hybridized carbons (Fsp3) is 0.314. The number of aliphatic hydroxyl groups excluding tert-OH is 1. The predicted octanol–water partition coefficient (Wildman–Crippen LogP) is 9.10. The van der Waals surface area contributed by atoms with Crippen LogP contribution in [0, 0.1) is 16.9 Å². The van der Waals surface area contributed by atoms with Crippen LogP contribution in [-0.2, 0) is 30.3 Å². The van der Waals surface area contributed by atoms with Gasteiger partial charge in [-0.25, -0.2) is 0 Å². The molecule has 3 nitrogen and oxygen atoms in total. The molecule has 1 radical (unpaired) electrons. The van der Waals surface area contributed by atoms with Gasteiger partial charge in [-0.1, -0.05) is 115 Å². The van der Waals surface area contributed by atoms with Gasteiger partial charge in [-0.15, -0.1) is 29.7 Å². The Morgan fingerprint density at radius 2 is 1.49 bits per heavy atom. The Morgan fingerprint density at radius 3 is 2.15 bits per heavy atom. The number of ketones is 1. The van der Waals surface area contributed by atoms with Crippen LogP contribution in [0.5, 0.6) is 0 Å². The van der Waals surface area contributed by atoms with Crippen LogP contribution < -0.4 is 0 Å². The summed E-state index contributed by atoms with van der Waals surface area (Å²) in [6.45, 7) is 15.7. The number of benzene rings is 3. The van der Waals surface area contributed by atoms with Gasteiger partial charge >= 0.3 is 0 Å². The maximum Gasteiger partial charge on any atom is 0.164 e. The standard InChI is InChI=1S/C24H18N.C11H20O2.Ir/c1-24(2)21-10-6-5-9-19(21)20-15-25-23(14-22(20)24)18-12-11-16-7-3-4-8-17(16)13-18;1-10(2,3)8(12)7-9(13)11(4,5)6;/h3-12,14-15H,1-2H3;7,12H,1-6H3;/q-1;;/b;8-7-;. The van der Waals surface area contributed by atoms with E-state index < -0.39 is 5.41 Å². The molecular formula is C35H38IrNO2-. The Balaban J connectivity index is 0.000000260. The van der Waals surface area contributed by atoms with E-state index in [1.54, 1.807) is 0 Å². The summed E-state index contributed by atoms with van der Waals surface area (Å²) in [6, 6.07) is 27.0. The fourth-order valence-electron chi connectivity index (χ4n) is 4.57. The minimum atomic E-state index is -0.417. The minimum absolute atomic E-state index is 0. The molecule has 0 unspecified atom stereocenters. The minimum Gasteiger partial charge on any atom is -0.512 e. The zero-order valence-corrected chi connectivity index (χ0v) is 26.5. The molecule has 0 aliphatic heterocycles. The van der Waals surface area contributed by atoms with Gasteiger partial charge in [0, 0.05) is 59.9 Å². The van der Waals surface area contributed by atoms with Crippen molar-refractivity contribution >= 4 is 16.6 Å². The monoisotopic (exact) mass is 697 g/mol. The first-order chi connectivity index (χ1) is 17.7. The van der Waals surface area contributed by atoms with Crippen molar-refractivity contribution in [2.75, 3.05) is 0 Å². The summed E-state index contributed by atoms with van der Waals surface area (Å²) < 4.78 is 0. The molecule has 205 valence electrons. The Kier molecular flexibility index (Phi) is 8.75. The number of pyridine rings is 1. The summed E-state index contributed by atoms with van der Waals surface area (Å²) in [4.78, 5) is 16.2. The average molecular weight is 697 g/mol. The van der Waals surface area contributed by atoms with Gasteiger partial charge in [0.2, 0.25) is 0 Å². The van der Waals surface area contributed by atoms with Gasteiger partial charge in [0.15, 0.2) is 5.78 Å². The smallest absolute Gasteiger partial charge is 0.164 e. The molecule has 0 saturated carbocycles. The van der Waals surface area contributed by atoms with Gasteiger partial charge in [0.05, 0.1) is 0 Å². The van der Waals surface area contributed by atoms with Crippen molar-refractivity contribution in [3.63, 3.8) is 0 Å². The molecule has 0 fully saturated rings. The van der Waals surface area contributed by atoms with Crippen molar-refractivity contribution < 1.29 is 30.0 Å². The van der Waals surface area contributed by atoms with Crippen LogP contribution in [0.2, 0.25) is 0 Å². The van der Waals surface area contributed by atoms with Crippen LogP contribution >= 0.6 is 0 Å². The third-order valence-electron chi connectivity index (χ3n) is 7.18. The molecule has 1 aromatic heterocycles. The Hall–Kier alpha value is -3.07. The van der Waals surface area contributed by atoms with Crippen LogP contribution in [-0.4, -0.2) is 15.9 Å². The maximum atomic E-state index is 11.5. The van der Waals surface area contributed by atoms with Gasteiger partial charge < -0.3 is 5.11 Å². The number of aliphatic hydroxyl groups is 1. The second-order valence-corrected chi connectivity index (χ2v) is 12.6. The fourth-order valence-corrected chi connectivity index (χ4v) is 4.57. The molecule has 5 rings (SSSR count). The van der Waals surface area contributed by atoms with Crippen LogP contribution in [0.4, 0.5) is 0 Å². The predicted molar refractivity (Wildman–Crippen MR) is 158 cm³/mol. The SMILES string of the molecule is CC(C)(C)C(=O)/C=C(\O)C(C)(C)C.CC1(C)c2ccccc2-c2cnc(-c3[c-]c4ccccc4cc3)cc21.[Ir]. The molecule has 0 spiro atoms. The molecule has 1 heterocycles. The van der Waals surface area contributed by atoms with E-state index in [1.165, 1.54) is 33.7 Å². The van der Waals surface area contributed by atoms with Crippen LogP contribution in [0.1, 0.15) is 66.5 Å². The third kappa shape index (κ3) is 6.40. The summed E-state index contributed by atoms with van der Waals surface area (Å²) in [6.07, 6.45) is 3.36. The molecule has 1 N–H and O–H groups in total. The van der Waals surface area contributed by atoms with Crippen LogP contribution in [0.15, 0.2) is 84.8 Å². The number of allylic oxidation sites excluding steroid dienone is 2. The number of carbonyl (C=O) groups is 1. The molecular weight excluding hydrogens is 659 g/mol. The van der Waals surface area contributed by atoms with E-state index in [-0.39, 0.29) is 42.5 Å². The second-order valence-electron chi connectivity index (χ2n) is 12.6. The number of aromatic nitrogens is 1. The number of fused-ring (bicyclic) bond motifs is 4. The van der Waals surface area contributed by atoms with Crippen molar-refractivity contribution in [1.29, 1.82) is 0 Å². The van der Waals surface area contributed by atoms with E-state index in [1.807, 2.05) is 47.7 Å². The third-order valence-corrected chi connectivity index (χ3v) is 7.18. The molecule has 0 atom stereocenters. The summed E-state index contributed by atoms with van der Waals surface area (Å²) >= 11 is 0. The number of hydrogen-bond acceptors (Lipinski definition) is 3. The largest absolute Gasteiger partial charge is 0.512 e. The molecule has 4 heteroatoms. The van der Waals surface area contributed by atoms with Crippen LogP contribution in [0.3, 0.4) is 0 Å². The van der Waals surface area contributed by atoms with Crippen molar-refractivity contribution in [2.45, 2.75) is 60.8 Å². The van der Waals surface area contributed by atoms with E-state index >= 15 is 0 Å². The zero-order valence-electron chi connectivity index (χ0n) is 24.1. The van der Waals surface area contributed by atoms with Crippen molar-refractivity contribution in [1.82, 2.24) is 4.98 Å². The van der Waals surface area contributed by atoms with E-state index in [2.05, 4.69) is 86.6 Å². The maximum absolute atomic E-state index is 11.5. The van der Waals surface area contributed by atoms with Crippen LogP contribution in [0.25, 0.3) is 33.2 Å². The summed E-state index contributed by atoms with van der Waals surface area (Å²) in [5.74, 6) is 0.104. The molecule has 3 aromatic carbocycles. The van der Waals surface area contributed by atoms with Gasteiger partial charge in [-0.05, 0) is 16.7 Å². The van der Waals surface area contributed by atoms with E-state index in [4.69, 9.17) is 4.98 Å². The molecule has 1 aliphatic carbocycles. The van der Waals surface area contributed by atoms with Crippen molar-refractivity contribution in [2.24, 2.45) is 10.8 Å². The van der Waals surface area contributed by atoms with E-state index in [0.29, 0.717) is 0 Å². The second kappa shape index (κ2) is 11.2. The van der Waals surface area contributed by atoms with Gasteiger partial charge in [-0.2, -0.15) is 0 Å². The van der Waals surface area contributed by atoms with Gasteiger partial charge in [-0.3, -0.25) is 9.78 Å². The molecule has 4 aromatic rings. The Bertz CT molecular complexity index is 1530. The number of carbonyl (C=O) groups excluding carboxylic acids is 1. The Labute approximate surface area is 246 Å². The van der Waals surface area contributed by atoms with Crippen molar-refractivity contribution in [3.8, 4) is 22.4 Å². The average Bonchev–Trinajstić information content (AvgIpc) is 3.09. The first-order valence-electron chi connectivity index (χ1n) is 13.2. The number of nitrogens with zero attached hydrogens (tertiary/aromatic N) is 1. The quantitative estimate of drug-likeness (QED) is 0.129. The molecule has 0 bridgehead atoms. The number of rotatable bonds is 2. The summed E-state index contributed by atoms with van der Waals surface area (Å²) in [5, 5.41) is 11.9. The molecule has 0 saturated heterocycles. The van der Waals surface area contributed by atoms with E-state index in [0.717, 1.165) is 16.6 Å². The summed E-state index contributed by atoms with van der Waals surface area (Å²) in [7, 11) is 0. The molecule has 0 amide bonds. The van der Waals surface area contributed by atoms with Gasteiger partial charge in [0.25, 0.3) is 0 Å². The van der Waals surface area contributed by atoms with Crippen molar-refractivity contribution in [3.05, 3.63) is 102 Å². The molecule has 39 heavy (non-hydrogen) atoms. The number of hydrogen-bond donors (Lipinski definition) is 1. The topological polar surface area (TPSA) is 50.2 Å². The first kappa shape index (κ1) is 30.5. The first-order valence-corrected chi connectivity index (χ1v) is 13.2. The summed E-state index contributed by atoms with van der Waals surface area (Å²) in [5.41, 5.74) is 6.57. The zero-order chi connectivity index (χ0) is 27.9. The van der Waals surface area contributed by atoms with Gasteiger partial charge in [0.1, 0.15) is 5.76 Å². The van der Waals surface area contributed by atoms with E-state index in [9.17, 15) is 9.90 Å². The normalized spacial score (nSPS) is 14.0.